The molecule has 0 saturated carbocycles. The summed E-state index contributed by atoms with van der Waals surface area (Å²) in [6.45, 7) is 0. The summed E-state index contributed by atoms with van der Waals surface area (Å²) in [7, 11) is 0. The van der Waals surface area contributed by atoms with Crippen molar-refractivity contribution < 1.29 is 4.39 Å². The van der Waals surface area contributed by atoms with Crippen molar-refractivity contribution in [2.45, 2.75) is 0 Å². The van der Waals surface area contributed by atoms with E-state index in [1.165, 1.54) is 24.3 Å². The van der Waals surface area contributed by atoms with Crippen LogP contribution in [-0.2, 0) is 0 Å². The molecule has 1 aromatic heterocycles. The molecule has 0 aliphatic heterocycles. The fourth-order valence-corrected chi connectivity index (χ4v) is 3.39. The first-order chi connectivity index (χ1) is 11.8. The van der Waals surface area contributed by atoms with Gasteiger partial charge in [0.25, 0.3) is 0 Å². The summed E-state index contributed by atoms with van der Waals surface area (Å²) in [5, 5.41) is 1.39. The minimum Gasteiger partial charge on any atom is -0.245 e. The van der Waals surface area contributed by atoms with Crippen LogP contribution in [0.1, 0.15) is 0 Å². The van der Waals surface area contributed by atoms with Gasteiger partial charge < -0.3 is 0 Å². The normalized spacial score (nSPS) is 11.0. The Kier molecular flexibility index (Phi) is 5.69. The third kappa shape index (κ3) is 3.85. The Hall–Kier alpha value is -0.740. The van der Waals surface area contributed by atoms with Crippen LogP contribution in [0.5, 0.6) is 0 Å². The van der Waals surface area contributed by atoms with Gasteiger partial charge in [0.15, 0.2) is 0 Å². The predicted octanol–water partition coefficient (Wildman–Crippen LogP) is 8.48. The van der Waals surface area contributed by atoms with Crippen molar-refractivity contribution in [3.05, 3.63) is 72.4 Å². The second-order valence-corrected chi connectivity index (χ2v) is 7.42. The van der Waals surface area contributed by atoms with E-state index < -0.39 is 5.82 Å². The van der Waals surface area contributed by atoms with Crippen molar-refractivity contribution in [1.29, 1.82) is 0 Å². The number of hydrogen-bond acceptors (Lipinski definition) is 1. The molecule has 1 nitrogen and oxygen atoms in total. The fourth-order valence-electron chi connectivity index (χ4n) is 2.20. The molecule has 0 aliphatic carbocycles. The molecule has 0 atom stereocenters. The molecule has 8 heteroatoms. The van der Waals surface area contributed by atoms with E-state index in [4.69, 9.17) is 69.6 Å². The average molecular weight is 456 g/mol. The number of halogens is 7. The first kappa shape index (κ1) is 19.0. The number of benzene rings is 2. The van der Waals surface area contributed by atoms with E-state index in [-0.39, 0.29) is 35.8 Å². The predicted molar refractivity (Wildman–Crippen MR) is 105 cm³/mol. The average Bonchev–Trinajstić information content (AvgIpc) is 2.57. The standard InChI is InChI=1S/C17H6Cl6FN/c18-9-3-7(4-10(19)15(9)22)14-2-1-13(24)17(25-14)8-5-11(20)16(23)12(21)6-8/h1-6H. The second kappa shape index (κ2) is 7.48. The molecular formula is C17H6Cl6FN. The molecule has 0 bridgehead atoms. The van der Waals surface area contributed by atoms with E-state index >= 15 is 0 Å². The van der Waals surface area contributed by atoms with Crippen molar-refractivity contribution in [1.82, 2.24) is 4.98 Å². The number of nitrogens with zero attached hydrogens (tertiary/aromatic N) is 1. The molecule has 0 amide bonds. The van der Waals surface area contributed by atoms with E-state index in [2.05, 4.69) is 4.98 Å². The van der Waals surface area contributed by atoms with Gasteiger partial charge in [0.05, 0.1) is 35.8 Å². The topological polar surface area (TPSA) is 12.9 Å². The van der Waals surface area contributed by atoms with Gasteiger partial charge in [-0.25, -0.2) is 9.37 Å². The molecule has 0 N–H and O–H groups in total. The molecule has 0 unspecified atom stereocenters. The van der Waals surface area contributed by atoms with E-state index in [0.29, 0.717) is 16.8 Å². The number of hydrogen-bond donors (Lipinski definition) is 0. The minimum atomic E-state index is -0.538. The van der Waals surface area contributed by atoms with Crippen molar-refractivity contribution >= 4 is 69.6 Å². The van der Waals surface area contributed by atoms with Crippen LogP contribution >= 0.6 is 69.6 Å². The molecule has 2 aromatic carbocycles. The SMILES string of the molecule is Fc1ccc(-c2cc(Cl)c(Cl)c(Cl)c2)nc1-c1cc(Cl)c(Cl)c(Cl)c1. The van der Waals surface area contributed by atoms with Crippen molar-refractivity contribution in [2.24, 2.45) is 0 Å². The molecule has 0 radical (unpaired) electrons. The van der Waals surface area contributed by atoms with Crippen LogP contribution in [0.25, 0.3) is 22.5 Å². The van der Waals surface area contributed by atoms with E-state index in [0.717, 1.165) is 0 Å². The molecule has 0 spiro atoms. The Bertz CT molecular complexity index is 943. The van der Waals surface area contributed by atoms with Crippen LogP contribution in [0.4, 0.5) is 4.39 Å². The van der Waals surface area contributed by atoms with E-state index in [1.807, 2.05) is 0 Å². The summed E-state index contributed by atoms with van der Waals surface area (Å²) in [5.74, 6) is -0.538. The zero-order valence-electron chi connectivity index (χ0n) is 12.1. The zero-order valence-corrected chi connectivity index (χ0v) is 16.6. The number of aromatic nitrogens is 1. The lowest BCUT2D eigenvalue weighted by molar-refractivity contribution is 0.626. The van der Waals surface area contributed by atoms with Crippen LogP contribution in [0, 0.1) is 5.82 Å². The summed E-state index contributed by atoms with van der Waals surface area (Å²) in [4.78, 5) is 4.34. The van der Waals surface area contributed by atoms with Gasteiger partial charge in [0.1, 0.15) is 11.5 Å². The molecule has 0 fully saturated rings. The highest BCUT2D eigenvalue weighted by atomic mass is 35.5. The first-order valence-corrected chi connectivity index (χ1v) is 9.01. The lowest BCUT2D eigenvalue weighted by atomic mass is 10.1. The van der Waals surface area contributed by atoms with Crippen LogP contribution in [0.15, 0.2) is 36.4 Å². The van der Waals surface area contributed by atoms with Gasteiger partial charge in [-0.15, -0.1) is 0 Å². The smallest absolute Gasteiger partial charge is 0.149 e. The van der Waals surface area contributed by atoms with Crippen molar-refractivity contribution in [3.8, 4) is 22.5 Å². The van der Waals surface area contributed by atoms with Gasteiger partial charge >= 0.3 is 0 Å². The molecule has 3 rings (SSSR count). The third-order valence-corrected chi connectivity index (χ3v) is 5.78. The van der Waals surface area contributed by atoms with Crippen LogP contribution in [0.2, 0.25) is 30.1 Å². The lowest BCUT2D eigenvalue weighted by Crippen LogP contribution is -1.93. The Labute approximate surface area is 173 Å². The maximum atomic E-state index is 14.3. The van der Waals surface area contributed by atoms with Gasteiger partial charge in [-0.2, -0.15) is 0 Å². The Morgan fingerprint density at radius 2 is 1.08 bits per heavy atom. The van der Waals surface area contributed by atoms with E-state index in [1.54, 1.807) is 12.1 Å². The fraction of sp³-hybridized carbons (Fsp3) is 0. The quantitative estimate of drug-likeness (QED) is 0.353. The Balaban J connectivity index is 2.17. The van der Waals surface area contributed by atoms with Gasteiger partial charge in [-0.1, -0.05) is 69.6 Å². The monoisotopic (exact) mass is 453 g/mol. The zero-order chi connectivity index (χ0) is 18.3. The summed E-state index contributed by atoms with van der Waals surface area (Å²) in [6.07, 6.45) is 0. The minimum absolute atomic E-state index is 0.0696. The maximum absolute atomic E-state index is 14.3. The summed E-state index contributed by atoms with van der Waals surface area (Å²) >= 11 is 36.0. The number of rotatable bonds is 2. The van der Waals surface area contributed by atoms with Gasteiger partial charge in [0.2, 0.25) is 0 Å². The summed E-state index contributed by atoms with van der Waals surface area (Å²) < 4.78 is 14.3. The summed E-state index contributed by atoms with van der Waals surface area (Å²) in [5.41, 5.74) is 1.51. The largest absolute Gasteiger partial charge is 0.245 e. The lowest BCUT2D eigenvalue weighted by Gasteiger charge is -2.10. The molecule has 0 saturated heterocycles. The molecule has 25 heavy (non-hydrogen) atoms. The van der Waals surface area contributed by atoms with Crippen LogP contribution in [-0.4, -0.2) is 4.98 Å². The van der Waals surface area contributed by atoms with Gasteiger partial charge in [-0.05, 0) is 36.4 Å². The molecular weight excluding hydrogens is 450 g/mol. The highest BCUT2D eigenvalue weighted by Crippen LogP contribution is 2.37. The third-order valence-electron chi connectivity index (χ3n) is 3.38. The van der Waals surface area contributed by atoms with Crippen LogP contribution < -0.4 is 0 Å². The van der Waals surface area contributed by atoms with Crippen LogP contribution in [0.3, 0.4) is 0 Å². The molecule has 128 valence electrons. The molecule has 0 aliphatic rings. The van der Waals surface area contributed by atoms with Gasteiger partial charge in [0, 0.05) is 11.1 Å². The van der Waals surface area contributed by atoms with E-state index in [9.17, 15) is 4.39 Å². The van der Waals surface area contributed by atoms with Crippen molar-refractivity contribution in [3.63, 3.8) is 0 Å². The highest BCUT2D eigenvalue weighted by molar-refractivity contribution is 6.49. The highest BCUT2D eigenvalue weighted by Gasteiger charge is 2.15. The molecule has 3 aromatic rings. The van der Waals surface area contributed by atoms with Crippen molar-refractivity contribution in [2.75, 3.05) is 0 Å². The Morgan fingerprint density at radius 3 is 1.56 bits per heavy atom. The first-order valence-electron chi connectivity index (χ1n) is 6.74. The number of pyridine rings is 1. The van der Waals surface area contributed by atoms with Gasteiger partial charge in [-0.3, -0.25) is 0 Å². The summed E-state index contributed by atoms with van der Waals surface area (Å²) in [6, 6.07) is 8.97. The molecule has 1 heterocycles. The second-order valence-electron chi connectivity index (χ2n) is 5.03. The maximum Gasteiger partial charge on any atom is 0.149 e. The Morgan fingerprint density at radius 1 is 0.640 bits per heavy atom.